The highest BCUT2D eigenvalue weighted by Crippen LogP contribution is 2.30. The number of nitrogens with zero attached hydrogens (tertiary/aromatic N) is 1. The molecule has 3 rings (SSSR count). The van der Waals surface area contributed by atoms with Gasteiger partial charge in [0.2, 0.25) is 0 Å². The first-order chi connectivity index (χ1) is 10.8. The summed E-state index contributed by atoms with van der Waals surface area (Å²) in [5.74, 6) is 1.21. The lowest BCUT2D eigenvalue weighted by Crippen LogP contribution is -2.51. The highest BCUT2D eigenvalue weighted by Gasteiger charge is 2.33. The van der Waals surface area contributed by atoms with E-state index in [0.717, 1.165) is 6.54 Å². The van der Waals surface area contributed by atoms with Gasteiger partial charge in [0, 0.05) is 12.6 Å². The molecule has 2 heterocycles. The van der Waals surface area contributed by atoms with Crippen LogP contribution in [0.25, 0.3) is 0 Å². The number of fused-ring (bicyclic) bond motifs is 1. The van der Waals surface area contributed by atoms with E-state index in [2.05, 4.69) is 10.2 Å². The van der Waals surface area contributed by atoms with Crippen LogP contribution in [0.3, 0.4) is 0 Å². The number of carbonyl (C=O) groups excluding carboxylic acids is 1. The number of nitrogens with one attached hydrogen (secondary N) is 1. The molecule has 0 spiro atoms. The van der Waals surface area contributed by atoms with Crippen LogP contribution in [-0.4, -0.2) is 43.6 Å². The average molecular weight is 302 g/mol. The highest BCUT2D eigenvalue weighted by atomic mass is 16.5. The molecule has 0 bridgehead atoms. The number of methoxy groups -OCH3 is 1. The molecule has 0 aromatic heterocycles. The fourth-order valence-electron chi connectivity index (χ4n) is 3.97. The molecule has 2 aliphatic heterocycles. The summed E-state index contributed by atoms with van der Waals surface area (Å²) in [7, 11) is 1.60. The second-order valence-electron chi connectivity index (χ2n) is 6.41. The standard InChI is InChI=1S/C18H26N2O2/c1-22-17-10-3-2-8-15(17)18(21)19-13-14-7-6-12-20-11-5-4-9-16(14)20/h2-3,8,10,14,16H,4-7,9,11-13H2,1H3,(H,19,21)/t14-,16-/m0/s1. The first kappa shape index (κ1) is 15.3. The van der Waals surface area contributed by atoms with E-state index in [1.807, 2.05) is 24.3 Å². The molecule has 2 aliphatic rings. The van der Waals surface area contributed by atoms with Crippen molar-refractivity contribution in [2.75, 3.05) is 26.7 Å². The summed E-state index contributed by atoms with van der Waals surface area (Å²) in [6.45, 7) is 3.25. The summed E-state index contributed by atoms with van der Waals surface area (Å²) < 4.78 is 5.28. The minimum absolute atomic E-state index is 0.0228. The Morgan fingerprint density at radius 3 is 2.91 bits per heavy atom. The van der Waals surface area contributed by atoms with E-state index in [0.29, 0.717) is 23.3 Å². The third-order valence-electron chi connectivity index (χ3n) is 5.11. The van der Waals surface area contributed by atoms with Crippen molar-refractivity contribution in [3.8, 4) is 5.75 Å². The van der Waals surface area contributed by atoms with E-state index in [1.165, 1.54) is 45.2 Å². The maximum absolute atomic E-state index is 12.4. The molecule has 0 saturated carbocycles. The van der Waals surface area contributed by atoms with Crippen LogP contribution in [0, 0.1) is 5.92 Å². The summed E-state index contributed by atoms with van der Waals surface area (Å²) in [5.41, 5.74) is 0.626. The van der Waals surface area contributed by atoms with Crippen molar-refractivity contribution in [3.05, 3.63) is 29.8 Å². The normalized spacial score (nSPS) is 25.3. The van der Waals surface area contributed by atoms with Gasteiger partial charge in [-0.25, -0.2) is 0 Å². The van der Waals surface area contributed by atoms with E-state index in [9.17, 15) is 4.79 Å². The molecular formula is C18H26N2O2. The van der Waals surface area contributed by atoms with E-state index in [1.54, 1.807) is 7.11 Å². The van der Waals surface area contributed by atoms with Crippen LogP contribution in [0.15, 0.2) is 24.3 Å². The number of hydrogen-bond donors (Lipinski definition) is 1. The molecule has 2 saturated heterocycles. The Kier molecular flexibility index (Phi) is 4.98. The first-order valence-electron chi connectivity index (χ1n) is 8.45. The lowest BCUT2D eigenvalue weighted by Gasteiger charge is -2.44. The molecule has 4 heteroatoms. The Labute approximate surface area is 132 Å². The zero-order chi connectivity index (χ0) is 15.4. The molecule has 2 fully saturated rings. The van der Waals surface area contributed by atoms with Gasteiger partial charge in [0.15, 0.2) is 0 Å². The van der Waals surface area contributed by atoms with Crippen molar-refractivity contribution >= 4 is 5.91 Å². The van der Waals surface area contributed by atoms with Crippen molar-refractivity contribution in [1.82, 2.24) is 10.2 Å². The third kappa shape index (κ3) is 3.27. The number of piperidine rings is 2. The predicted molar refractivity (Wildman–Crippen MR) is 87.3 cm³/mol. The monoisotopic (exact) mass is 302 g/mol. The molecule has 0 unspecified atom stereocenters. The second-order valence-corrected chi connectivity index (χ2v) is 6.41. The van der Waals surface area contributed by atoms with Crippen LogP contribution < -0.4 is 10.1 Å². The van der Waals surface area contributed by atoms with Gasteiger partial charge < -0.3 is 15.0 Å². The Hall–Kier alpha value is -1.55. The van der Waals surface area contributed by atoms with Gasteiger partial charge in [0.05, 0.1) is 12.7 Å². The second kappa shape index (κ2) is 7.14. The summed E-state index contributed by atoms with van der Waals surface area (Å²) in [6.07, 6.45) is 6.43. The van der Waals surface area contributed by atoms with Crippen molar-refractivity contribution in [1.29, 1.82) is 0 Å². The summed E-state index contributed by atoms with van der Waals surface area (Å²) >= 11 is 0. The van der Waals surface area contributed by atoms with Crippen LogP contribution >= 0.6 is 0 Å². The summed E-state index contributed by atoms with van der Waals surface area (Å²) in [5, 5.41) is 3.13. The maximum Gasteiger partial charge on any atom is 0.255 e. The molecule has 0 aliphatic carbocycles. The molecule has 1 N–H and O–H groups in total. The van der Waals surface area contributed by atoms with Crippen molar-refractivity contribution in [3.63, 3.8) is 0 Å². The number of rotatable bonds is 4. The molecule has 2 atom stereocenters. The van der Waals surface area contributed by atoms with Gasteiger partial charge in [-0.3, -0.25) is 4.79 Å². The Morgan fingerprint density at radius 1 is 1.23 bits per heavy atom. The van der Waals surface area contributed by atoms with E-state index in [-0.39, 0.29) is 5.91 Å². The van der Waals surface area contributed by atoms with E-state index in [4.69, 9.17) is 4.74 Å². The zero-order valence-corrected chi connectivity index (χ0v) is 13.4. The maximum atomic E-state index is 12.4. The van der Waals surface area contributed by atoms with E-state index < -0.39 is 0 Å². The lowest BCUT2D eigenvalue weighted by molar-refractivity contribution is 0.0575. The molecule has 120 valence electrons. The van der Waals surface area contributed by atoms with Gasteiger partial charge in [-0.1, -0.05) is 18.6 Å². The predicted octanol–water partition coefficient (Wildman–Crippen LogP) is 2.69. The fraction of sp³-hybridized carbons (Fsp3) is 0.611. The summed E-state index contributed by atoms with van der Waals surface area (Å²) in [4.78, 5) is 15.1. The fourth-order valence-corrected chi connectivity index (χ4v) is 3.97. The van der Waals surface area contributed by atoms with Crippen molar-refractivity contribution < 1.29 is 9.53 Å². The van der Waals surface area contributed by atoms with Crippen LogP contribution in [0.5, 0.6) is 5.75 Å². The molecule has 1 amide bonds. The van der Waals surface area contributed by atoms with Gasteiger partial charge in [0.25, 0.3) is 5.91 Å². The Morgan fingerprint density at radius 2 is 2.05 bits per heavy atom. The minimum Gasteiger partial charge on any atom is -0.496 e. The average Bonchev–Trinajstić information content (AvgIpc) is 2.59. The Balaban J connectivity index is 1.60. The van der Waals surface area contributed by atoms with Gasteiger partial charge in [-0.2, -0.15) is 0 Å². The molecular weight excluding hydrogens is 276 g/mol. The number of benzene rings is 1. The number of para-hydroxylation sites is 1. The van der Waals surface area contributed by atoms with Crippen molar-refractivity contribution in [2.24, 2.45) is 5.92 Å². The van der Waals surface area contributed by atoms with Crippen LogP contribution in [0.1, 0.15) is 42.5 Å². The van der Waals surface area contributed by atoms with Crippen LogP contribution in [0.4, 0.5) is 0 Å². The first-order valence-corrected chi connectivity index (χ1v) is 8.45. The van der Waals surface area contributed by atoms with Crippen LogP contribution in [0.2, 0.25) is 0 Å². The SMILES string of the molecule is COc1ccccc1C(=O)NC[C@@H]1CCCN2CCCC[C@@H]12. The third-order valence-corrected chi connectivity index (χ3v) is 5.11. The Bertz CT molecular complexity index is 516. The summed E-state index contributed by atoms with van der Waals surface area (Å²) in [6, 6.07) is 8.08. The van der Waals surface area contributed by atoms with Gasteiger partial charge in [-0.05, 0) is 56.8 Å². The number of amides is 1. The molecule has 4 nitrogen and oxygen atoms in total. The molecule has 1 aromatic carbocycles. The zero-order valence-electron chi connectivity index (χ0n) is 13.4. The quantitative estimate of drug-likeness (QED) is 0.930. The lowest BCUT2D eigenvalue weighted by atomic mass is 9.83. The van der Waals surface area contributed by atoms with Gasteiger partial charge in [-0.15, -0.1) is 0 Å². The topological polar surface area (TPSA) is 41.6 Å². The van der Waals surface area contributed by atoms with Gasteiger partial charge >= 0.3 is 0 Å². The molecule has 0 radical (unpaired) electrons. The largest absolute Gasteiger partial charge is 0.496 e. The minimum atomic E-state index is -0.0228. The molecule has 22 heavy (non-hydrogen) atoms. The smallest absolute Gasteiger partial charge is 0.255 e. The highest BCUT2D eigenvalue weighted by molar-refractivity contribution is 5.96. The number of ether oxygens (including phenoxy) is 1. The van der Waals surface area contributed by atoms with Gasteiger partial charge in [0.1, 0.15) is 5.75 Å². The van der Waals surface area contributed by atoms with E-state index >= 15 is 0 Å². The van der Waals surface area contributed by atoms with Crippen LogP contribution in [-0.2, 0) is 0 Å². The molecule has 1 aromatic rings. The number of hydrogen-bond acceptors (Lipinski definition) is 3. The number of carbonyl (C=O) groups is 1. The van der Waals surface area contributed by atoms with Crippen molar-refractivity contribution in [2.45, 2.75) is 38.1 Å².